The summed E-state index contributed by atoms with van der Waals surface area (Å²) in [5.74, 6) is 0. The average molecular weight is 335 g/mol. The second kappa shape index (κ2) is 6.48. The van der Waals surface area contributed by atoms with Crippen LogP contribution in [0.5, 0.6) is 0 Å². The van der Waals surface area contributed by atoms with Crippen molar-refractivity contribution in [2.45, 2.75) is 24.2 Å². The van der Waals surface area contributed by atoms with Crippen LogP contribution in [0.2, 0.25) is 10.0 Å². The van der Waals surface area contributed by atoms with Crippen molar-refractivity contribution in [1.82, 2.24) is 0 Å². The molecule has 21 heavy (non-hydrogen) atoms. The molecule has 0 spiro atoms. The first-order valence-corrected chi connectivity index (χ1v) is 8.99. The maximum atomic E-state index is 6.39. The summed E-state index contributed by atoms with van der Waals surface area (Å²) < 4.78 is 0. The lowest BCUT2D eigenvalue weighted by atomic mass is 9.97. The maximum absolute atomic E-state index is 6.39. The first kappa shape index (κ1) is 15.0. The summed E-state index contributed by atoms with van der Waals surface area (Å²) in [4.78, 5) is 1.29. The number of benzene rings is 2. The molecule has 0 saturated heterocycles. The van der Waals surface area contributed by atoms with Gasteiger partial charge in [-0.15, -0.1) is 11.8 Å². The number of rotatable bonds is 3. The van der Waals surface area contributed by atoms with Crippen molar-refractivity contribution in [3.63, 3.8) is 0 Å². The van der Waals surface area contributed by atoms with Crippen molar-refractivity contribution in [1.29, 1.82) is 0 Å². The minimum absolute atomic E-state index is 0.688. The predicted octanol–water partition coefficient (Wildman–Crippen LogP) is 6.81. The number of thioether (sulfide) groups is 1. The zero-order chi connectivity index (χ0) is 14.8. The van der Waals surface area contributed by atoms with Crippen LogP contribution < -0.4 is 0 Å². The topological polar surface area (TPSA) is 0 Å². The number of hydrogen-bond donors (Lipinski definition) is 0. The van der Waals surface area contributed by atoms with Gasteiger partial charge in [-0.25, -0.2) is 0 Å². The van der Waals surface area contributed by atoms with Gasteiger partial charge in [0.2, 0.25) is 0 Å². The molecule has 0 nitrogen and oxygen atoms in total. The van der Waals surface area contributed by atoms with Crippen LogP contribution >= 0.6 is 35.0 Å². The van der Waals surface area contributed by atoms with E-state index in [0.717, 1.165) is 23.4 Å². The van der Waals surface area contributed by atoms with Crippen molar-refractivity contribution >= 4 is 46.1 Å². The van der Waals surface area contributed by atoms with Gasteiger partial charge >= 0.3 is 0 Å². The van der Waals surface area contributed by atoms with Crippen molar-refractivity contribution < 1.29 is 0 Å². The largest absolute Gasteiger partial charge is 0.130 e. The van der Waals surface area contributed by atoms with Crippen LogP contribution in [0.1, 0.15) is 30.4 Å². The fraction of sp³-hybridized carbons (Fsp3) is 0.222. The highest BCUT2D eigenvalue weighted by atomic mass is 35.5. The van der Waals surface area contributed by atoms with Crippen LogP contribution in [-0.2, 0) is 0 Å². The van der Waals surface area contributed by atoms with Gasteiger partial charge < -0.3 is 0 Å². The number of hydrogen-bond acceptors (Lipinski definition) is 1. The van der Waals surface area contributed by atoms with Gasteiger partial charge in [-0.1, -0.05) is 41.4 Å². The Balaban J connectivity index is 2.05. The molecule has 0 aromatic heterocycles. The monoisotopic (exact) mass is 334 g/mol. The van der Waals surface area contributed by atoms with Crippen molar-refractivity contribution in [2.24, 2.45) is 0 Å². The molecule has 2 aromatic carbocycles. The lowest BCUT2D eigenvalue weighted by Crippen LogP contribution is -1.88. The predicted molar refractivity (Wildman–Crippen MR) is 95.4 cm³/mol. The summed E-state index contributed by atoms with van der Waals surface area (Å²) in [7, 11) is 0. The smallest absolute Gasteiger partial charge is 0.0496 e. The van der Waals surface area contributed by atoms with E-state index in [1.165, 1.54) is 28.0 Å². The Morgan fingerprint density at radius 1 is 0.905 bits per heavy atom. The van der Waals surface area contributed by atoms with Crippen LogP contribution in [0.15, 0.2) is 47.4 Å². The Hall–Kier alpha value is -0.890. The second-order valence-corrected chi connectivity index (χ2v) is 6.89. The molecule has 3 rings (SSSR count). The molecule has 0 bridgehead atoms. The highest BCUT2D eigenvalue weighted by Gasteiger charge is 2.19. The van der Waals surface area contributed by atoms with Crippen LogP contribution in [0.25, 0.3) is 11.1 Å². The van der Waals surface area contributed by atoms with E-state index < -0.39 is 0 Å². The summed E-state index contributed by atoms with van der Waals surface area (Å²) in [5.41, 5.74) is 5.23. The molecule has 0 atom stereocenters. The quantitative estimate of drug-likeness (QED) is 0.555. The van der Waals surface area contributed by atoms with Gasteiger partial charge in [-0.05, 0) is 72.1 Å². The molecule has 1 aliphatic carbocycles. The van der Waals surface area contributed by atoms with E-state index in [1.54, 1.807) is 11.8 Å². The molecule has 0 radical (unpaired) electrons. The second-order valence-electron chi connectivity index (χ2n) is 5.16. The normalized spacial score (nSPS) is 14.8. The summed E-state index contributed by atoms with van der Waals surface area (Å²) in [6.45, 7) is 0. The molecular weight excluding hydrogens is 319 g/mol. The van der Waals surface area contributed by atoms with Crippen LogP contribution in [-0.4, -0.2) is 6.26 Å². The van der Waals surface area contributed by atoms with E-state index in [0.29, 0.717) is 5.02 Å². The minimum Gasteiger partial charge on any atom is -0.130 e. The lowest BCUT2D eigenvalue weighted by Gasteiger charge is -2.11. The third-order valence-electron chi connectivity index (χ3n) is 3.91. The first-order valence-electron chi connectivity index (χ1n) is 7.01. The van der Waals surface area contributed by atoms with Crippen molar-refractivity contribution in [3.05, 3.63) is 63.6 Å². The molecule has 0 saturated carbocycles. The number of allylic oxidation sites excluding steroid dienone is 2. The van der Waals surface area contributed by atoms with Crippen molar-refractivity contribution in [3.8, 4) is 0 Å². The Morgan fingerprint density at radius 3 is 2.29 bits per heavy atom. The fourth-order valence-corrected chi connectivity index (χ4v) is 3.82. The molecule has 0 heterocycles. The summed E-state index contributed by atoms with van der Waals surface area (Å²) in [6, 6.07) is 14.6. The molecule has 1 aliphatic rings. The van der Waals surface area contributed by atoms with Crippen LogP contribution in [0, 0.1) is 0 Å². The SMILES string of the molecule is CSc1ccc(C2=C(c3ccc(Cl)cc3Cl)CCC2)cc1. The zero-order valence-electron chi connectivity index (χ0n) is 11.8. The molecular formula is C18H16Cl2S. The molecule has 108 valence electrons. The summed E-state index contributed by atoms with van der Waals surface area (Å²) >= 11 is 14.2. The number of halogens is 2. The molecule has 0 fully saturated rings. The summed E-state index contributed by atoms with van der Waals surface area (Å²) in [6.07, 6.45) is 5.49. The Bertz CT molecular complexity index is 687. The van der Waals surface area contributed by atoms with Crippen LogP contribution in [0.3, 0.4) is 0 Å². The Morgan fingerprint density at radius 2 is 1.62 bits per heavy atom. The van der Waals surface area contributed by atoms with Gasteiger partial charge in [-0.3, -0.25) is 0 Å². The first-order chi connectivity index (χ1) is 10.2. The third kappa shape index (κ3) is 3.15. The highest BCUT2D eigenvalue weighted by molar-refractivity contribution is 7.98. The van der Waals surface area contributed by atoms with Gasteiger partial charge in [0.25, 0.3) is 0 Å². The fourth-order valence-electron chi connectivity index (χ4n) is 2.89. The molecule has 3 heteroatoms. The zero-order valence-corrected chi connectivity index (χ0v) is 14.2. The standard InChI is InChI=1S/C18H16Cl2S/c1-21-14-8-5-12(6-9-14)15-3-2-4-16(15)17-10-7-13(19)11-18(17)20/h5-11H,2-4H2,1H3. The Labute approximate surface area is 140 Å². The van der Waals surface area contributed by atoms with E-state index >= 15 is 0 Å². The molecule has 0 N–H and O–H groups in total. The van der Waals surface area contributed by atoms with E-state index in [-0.39, 0.29) is 0 Å². The lowest BCUT2D eigenvalue weighted by molar-refractivity contribution is 0.941. The Kier molecular flexibility index (Phi) is 4.63. The van der Waals surface area contributed by atoms with Gasteiger partial charge in [0.15, 0.2) is 0 Å². The highest BCUT2D eigenvalue weighted by Crippen LogP contribution is 2.42. The van der Waals surface area contributed by atoms with E-state index in [9.17, 15) is 0 Å². The average Bonchev–Trinajstić information content (AvgIpc) is 2.96. The van der Waals surface area contributed by atoms with Gasteiger partial charge in [-0.2, -0.15) is 0 Å². The third-order valence-corrected chi connectivity index (χ3v) is 5.20. The van der Waals surface area contributed by atoms with Gasteiger partial charge in [0, 0.05) is 14.9 Å². The molecule has 0 aliphatic heterocycles. The minimum atomic E-state index is 0.688. The van der Waals surface area contributed by atoms with Gasteiger partial charge in [0.1, 0.15) is 0 Å². The van der Waals surface area contributed by atoms with Crippen LogP contribution in [0.4, 0.5) is 0 Å². The molecule has 2 aromatic rings. The molecule has 0 unspecified atom stereocenters. The summed E-state index contributed by atoms with van der Waals surface area (Å²) in [5, 5.41) is 1.44. The van der Waals surface area contributed by atoms with Gasteiger partial charge in [0.05, 0.1) is 0 Å². The maximum Gasteiger partial charge on any atom is 0.0496 e. The van der Waals surface area contributed by atoms with Crippen molar-refractivity contribution in [2.75, 3.05) is 6.26 Å². The van der Waals surface area contributed by atoms with E-state index in [1.807, 2.05) is 18.2 Å². The molecule has 0 amide bonds. The van der Waals surface area contributed by atoms with E-state index in [2.05, 4.69) is 30.5 Å². The van der Waals surface area contributed by atoms with E-state index in [4.69, 9.17) is 23.2 Å².